The highest BCUT2D eigenvalue weighted by Crippen LogP contribution is 2.40. The third-order valence-electron chi connectivity index (χ3n) is 10.5. The summed E-state index contributed by atoms with van der Waals surface area (Å²) in [7, 11) is 0. The topological polar surface area (TPSA) is 36.9 Å². The summed E-state index contributed by atoms with van der Waals surface area (Å²) in [4.78, 5) is 3.86. The standard InChI is InChI=1S/C60H62O4S2/c1-5-9-13-41-61-53-31-19-47(20-32-53)17-29-51-45-57(39-27-49-23-35-55(36-24-49)63-43-15-11-7-3)65-59(51)60-52(30-18-48-21-33-54(34-22-48)62-42-14-10-6-2)46-58(66-60)40-28-50-25-37-56(38-26-50)64-44-16-12-8-4/h19-26,31-38,45-46H,5-16,41-44H2,1-4H3. The first kappa shape index (κ1) is 49.2. The second-order valence-corrected chi connectivity index (χ2v) is 18.1. The van der Waals surface area contributed by atoms with E-state index in [0.717, 1.165) is 141 Å². The number of rotatable bonds is 21. The van der Waals surface area contributed by atoms with E-state index in [0.29, 0.717) is 0 Å². The summed E-state index contributed by atoms with van der Waals surface area (Å²) in [5, 5.41) is 0. The predicted molar refractivity (Wildman–Crippen MR) is 277 cm³/mol. The number of thiophene rings is 2. The van der Waals surface area contributed by atoms with E-state index in [9.17, 15) is 0 Å². The van der Waals surface area contributed by atoms with Gasteiger partial charge in [0.1, 0.15) is 23.0 Å². The molecule has 4 aromatic carbocycles. The average Bonchev–Trinajstić information content (AvgIpc) is 3.96. The molecule has 0 bridgehead atoms. The minimum absolute atomic E-state index is 0.718. The van der Waals surface area contributed by atoms with Gasteiger partial charge in [-0.1, -0.05) is 126 Å². The van der Waals surface area contributed by atoms with Crippen LogP contribution in [0.25, 0.3) is 9.75 Å². The molecule has 0 aliphatic carbocycles. The molecule has 0 radical (unpaired) electrons. The highest BCUT2D eigenvalue weighted by Gasteiger charge is 2.16. The van der Waals surface area contributed by atoms with Crippen molar-refractivity contribution in [1.82, 2.24) is 0 Å². The van der Waals surface area contributed by atoms with Crippen molar-refractivity contribution < 1.29 is 18.9 Å². The molecule has 6 rings (SSSR count). The van der Waals surface area contributed by atoms with E-state index < -0.39 is 0 Å². The number of hydrogen-bond acceptors (Lipinski definition) is 6. The molecule has 338 valence electrons. The summed E-state index contributed by atoms with van der Waals surface area (Å²) >= 11 is 3.26. The Hall–Kier alpha value is -6.28. The van der Waals surface area contributed by atoms with E-state index in [4.69, 9.17) is 18.9 Å². The molecule has 0 fully saturated rings. The van der Waals surface area contributed by atoms with Crippen LogP contribution >= 0.6 is 22.7 Å². The Bertz CT molecular complexity index is 2450. The van der Waals surface area contributed by atoms with Gasteiger partial charge in [0, 0.05) is 33.4 Å². The SMILES string of the molecule is CCCCCOc1ccc(C#Cc2cc(C#Cc3ccc(OCCCCC)cc3)c(-c3sc(C#Cc4ccc(OCCCCC)cc4)cc3C#Cc3ccc(OCCCCC)cc3)s2)cc1. The molecule has 0 atom stereocenters. The maximum atomic E-state index is 5.97. The third-order valence-corrected chi connectivity index (χ3v) is 12.8. The van der Waals surface area contributed by atoms with Crippen molar-refractivity contribution in [2.45, 2.75) is 105 Å². The van der Waals surface area contributed by atoms with Crippen molar-refractivity contribution in [2.75, 3.05) is 26.4 Å². The van der Waals surface area contributed by atoms with Gasteiger partial charge in [0.2, 0.25) is 0 Å². The molecular weight excluding hydrogens is 849 g/mol. The lowest BCUT2D eigenvalue weighted by Crippen LogP contribution is -1.96. The Labute approximate surface area is 403 Å². The fourth-order valence-corrected chi connectivity index (χ4v) is 8.77. The van der Waals surface area contributed by atoms with Gasteiger partial charge in [-0.3, -0.25) is 0 Å². The van der Waals surface area contributed by atoms with Crippen LogP contribution in [-0.4, -0.2) is 26.4 Å². The van der Waals surface area contributed by atoms with E-state index in [1.54, 1.807) is 22.7 Å². The van der Waals surface area contributed by atoms with Crippen molar-refractivity contribution in [1.29, 1.82) is 0 Å². The number of ether oxygens (including phenoxy) is 4. The van der Waals surface area contributed by atoms with Gasteiger partial charge in [-0.25, -0.2) is 0 Å². The smallest absolute Gasteiger partial charge is 0.119 e. The van der Waals surface area contributed by atoms with Crippen LogP contribution in [0.4, 0.5) is 0 Å². The molecule has 0 spiro atoms. The number of hydrogen-bond donors (Lipinski definition) is 0. The highest BCUT2D eigenvalue weighted by molar-refractivity contribution is 7.23. The van der Waals surface area contributed by atoms with Crippen molar-refractivity contribution in [3.63, 3.8) is 0 Å². The molecule has 0 amide bonds. The van der Waals surface area contributed by atoms with Gasteiger partial charge in [0.25, 0.3) is 0 Å². The van der Waals surface area contributed by atoms with E-state index in [2.05, 4.69) is 87.2 Å². The first-order valence-electron chi connectivity index (χ1n) is 23.8. The van der Waals surface area contributed by atoms with Crippen LogP contribution < -0.4 is 18.9 Å². The van der Waals surface area contributed by atoms with Crippen LogP contribution in [0.2, 0.25) is 0 Å². The molecule has 0 aliphatic heterocycles. The summed E-state index contributed by atoms with van der Waals surface area (Å²) in [6.07, 6.45) is 13.5. The fourth-order valence-electron chi connectivity index (χ4n) is 6.68. The molecule has 4 nitrogen and oxygen atoms in total. The van der Waals surface area contributed by atoms with Crippen LogP contribution in [0.1, 0.15) is 148 Å². The molecule has 6 aromatic rings. The van der Waals surface area contributed by atoms with E-state index in [1.807, 2.05) is 97.1 Å². The molecule has 2 aromatic heterocycles. The molecule has 0 aliphatic rings. The van der Waals surface area contributed by atoms with Crippen LogP contribution in [0.3, 0.4) is 0 Å². The normalized spacial score (nSPS) is 10.3. The maximum absolute atomic E-state index is 5.97. The van der Waals surface area contributed by atoms with Gasteiger partial charge in [0.15, 0.2) is 0 Å². The van der Waals surface area contributed by atoms with Crippen LogP contribution in [-0.2, 0) is 0 Å². The monoisotopic (exact) mass is 910 g/mol. The summed E-state index contributed by atoms with van der Waals surface area (Å²) < 4.78 is 23.8. The minimum Gasteiger partial charge on any atom is -0.494 e. The molecule has 2 heterocycles. The van der Waals surface area contributed by atoms with Gasteiger partial charge in [-0.15, -0.1) is 22.7 Å². The number of unbranched alkanes of at least 4 members (excludes halogenated alkanes) is 8. The molecular formula is C60H62O4S2. The average molecular weight is 911 g/mol. The summed E-state index contributed by atoms with van der Waals surface area (Å²) in [5.41, 5.74) is 5.44. The number of benzene rings is 4. The Morgan fingerprint density at radius 1 is 0.318 bits per heavy atom. The quantitative estimate of drug-likeness (QED) is 0.0533. The van der Waals surface area contributed by atoms with Crippen molar-refractivity contribution >= 4 is 22.7 Å². The van der Waals surface area contributed by atoms with Gasteiger partial charge in [-0.2, -0.15) is 0 Å². The van der Waals surface area contributed by atoms with Gasteiger partial charge in [0.05, 0.1) is 45.9 Å². The van der Waals surface area contributed by atoms with Gasteiger partial charge < -0.3 is 18.9 Å². The zero-order chi connectivity index (χ0) is 46.0. The molecule has 0 saturated carbocycles. The largest absolute Gasteiger partial charge is 0.494 e. The summed E-state index contributed by atoms with van der Waals surface area (Å²) in [6.45, 7) is 11.7. The van der Waals surface area contributed by atoms with Crippen LogP contribution in [0.15, 0.2) is 109 Å². The van der Waals surface area contributed by atoms with Crippen molar-refractivity contribution in [3.05, 3.63) is 152 Å². The molecule has 0 N–H and O–H groups in total. The van der Waals surface area contributed by atoms with E-state index in [1.165, 1.54) is 38.5 Å². The molecule has 66 heavy (non-hydrogen) atoms. The van der Waals surface area contributed by atoms with Crippen molar-refractivity contribution in [3.8, 4) is 80.1 Å². The third kappa shape index (κ3) is 16.6. The van der Waals surface area contributed by atoms with Crippen LogP contribution in [0.5, 0.6) is 23.0 Å². The highest BCUT2D eigenvalue weighted by atomic mass is 32.1. The molecule has 0 saturated heterocycles. The van der Waals surface area contributed by atoms with Crippen molar-refractivity contribution in [2.24, 2.45) is 0 Å². The maximum Gasteiger partial charge on any atom is 0.119 e. The summed E-state index contributed by atoms with van der Waals surface area (Å²) in [6, 6.07) is 36.4. The first-order valence-corrected chi connectivity index (χ1v) is 25.4. The minimum atomic E-state index is 0.718. The first-order chi connectivity index (χ1) is 32.5. The second kappa shape index (κ2) is 27.9. The van der Waals surface area contributed by atoms with E-state index in [-0.39, 0.29) is 0 Å². The second-order valence-electron chi connectivity index (χ2n) is 16.0. The Balaban J connectivity index is 1.34. The zero-order valence-electron chi connectivity index (χ0n) is 39.2. The predicted octanol–water partition coefficient (Wildman–Crippen LogP) is 15.4. The van der Waals surface area contributed by atoms with Gasteiger partial charge in [-0.05, 0) is 135 Å². The lowest BCUT2D eigenvalue weighted by Gasteiger charge is -2.05. The van der Waals surface area contributed by atoms with E-state index >= 15 is 0 Å². The fraction of sp³-hybridized carbons (Fsp3) is 0.333. The van der Waals surface area contributed by atoms with Gasteiger partial charge >= 0.3 is 0 Å². The molecule has 6 heteroatoms. The Kier molecular flexibility index (Phi) is 20.8. The lowest BCUT2D eigenvalue weighted by atomic mass is 10.1. The van der Waals surface area contributed by atoms with Crippen LogP contribution in [0, 0.1) is 47.4 Å². The lowest BCUT2D eigenvalue weighted by molar-refractivity contribution is 0.306. The summed E-state index contributed by atoms with van der Waals surface area (Å²) in [5.74, 6) is 31.0. The zero-order valence-corrected chi connectivity index (χ0v) is 40.8. The molecule has 0 unspecified atom stereocenters. The Morgan fingerprint density at radius 2 is 0.576 bits per heavy atom. The Morgan fingerprint density at radius 3 is 0.833 bits per heavy atom.